The van der Waals surface area contributed by atoms with E-state index in [-0.39, 0.29) is 35.4 Å². The molecule has 1 aliphatic carbocycles. The van der Waals surface area contributed by atoms with Gasteiger partial charge >= 0.3 is 11.9 Å². The van der Waals surface area contributed by atoms with Crippen molar-refractivity contribution in [2.75, 3.05) is 18.4 Å². The van der Waals surface area contributed by atoms with Gasteiger partial charge in [-0.15, -0.1) is 17.5 Å². The Bertz CT molecular complexity index is 858. The first kappa shape index (κ1) is 19.8. The number of aromatic nitrogens is 2. The van der Waals surface area contributed by atoms with Gasteiger partial charge in [0.25, 0.3) is 0 Å². The van der Waals surface area contributed by atoms with Crippen molar-refractivity contribution >= 4 is 18.1 Å². The highest BCUT2D eigenvalue weighted by Crippen LogP contribution is 2.50. The van der Waals surface area contributed by atoms with Crippen LogP contribution in [0.1, 0.15) is 31.2 Å². The second-order valence-corrected chi connectivity index (χ2v) is 7.02. The Morgan fingerprint density at radius 3 is 2.52 bits per heavy atom. The molecule has 148 valence electrons. The Hall–Kier alpha value is -2.00. The van der Waals surface area contributed by atoms with Crippen LogP contribution in [-0.2, 0) is 6.18 Å². The highest BCUT2D eigenvalue weighted by molar-refractivity contribution is 5.85. The van der Waals surface area contributed by atoms with Gasteiger partial charge in [-0.25, -0.2) is 9.89 Å². The van der Waals surface area contributed by atoms with Crippen molar-refractivity contribution in [3.05, 3.63) is 34.3 Å². The van der Waals surface area contributed by atoms with Crippen LogP contribution in [0, 0.1) is 5.41 Å². The zero-order valence-electron chi connectivity index (χ0n) is 14.4. The van der Waals surface area contributed by atoms with E-state index in [0.29, 0.717) is 5.56 Å². The van der Waals surface area contributed by atoms with E-state index in [0.717, 1.165) is 44.8 Å². The van der Waals surface area contributed by atoms with Crippen molar-refractivity contribution in [2.45, 2.75) is 37.9 Å². The maximum absolute atomic E-state index is 13.4. The molecule has 10 heteroatoms. The molecule has 0 amide bonds. The largest absolute Gasteiger partial charge is 0.434 e. The van der Waals surface area contributed by atoms with Crippen LogP contribution in [0.25, 0.3) is 11.5 Å². The van der Waals surface area contributed by atoms with Crippen LogP contribution >= 0.6 is 12.4 Å². The molecule has 4 rings (SSSR count). The quantitative estimate of drug-likeness (QED) is 0.730. The molecule has 6 nitrogen and oxygen atoms in total. The summed E-state index contributed by atoms with van der Waals surface area (Å²) in [6.07, 6.45) is -0.682. The third kappa shape index (κ3) is 3.70. The minimum absolute atomic E-state index is 0. The first-order chi connectivity index (χ1) is 12.4. The van der Waals surface area contributed by atoms with Crippen LogP contribution in [0.3, 0.4) is 0 Å². The van der Waals surface area contributed by atoms with Crippen LogP contribution in [0.4, 0.5) is 18.9 Å². The first-order valence-corrected chi connectivity index (χ1v) is 8.62. The van der Waals surface area contributed by atoms with Gasteiger partial charge in [0.15, 0.2) is 0 Å². The Morgan fingerprint density at radius 1 is 1.22 bits per heavy atom. The molecule has 2 heterocycles. The summed E-state index contributed by atoms with van der Waals surface area (Å²) in [5.41, 5.74) is -0.348. The highest BCUT2D eigenvalue weighted by atomic mass is 35.5. The molecule has 1 saturated heterocycles. The lowest BCUT2D eigenvalue weighted by Gasteiger charge is -2.53. The number of hydrogen-bond acceptors (Lipinski definition) is 5. The van der Waals surface area contributed by atoms with Gasteiger partial charge in [0.1, 0.15) is 0 Å². The molecule has 0 bridgehead atoms. The Balaban J connectivity index is 0.00000210. The topological polar surface area (TPSA) is 83.0 Å². The standard InChI is InChI=1S/C17H19F3N4O2.ClH/c18-17(19,20)11-2-1-10(14-23-24-15(25)26-14)9-12(11)22-13-3-4-16(13)5-7-21-8-6-16;/h1-2,9,13,21-22H,3-8H2,(H,24,25);1H/t13-;/m1./s1. The molecule has 1 aliphatic heterocycles. The molecule has 2 aliphatic rings. The van der Waals surface area contributed by atoms with Gasteiger partial charge in [-0.05, 0) is 62.4 Å². The molecule has 27 heavy (non-hydrogen) atoms. The maximum Gasteiger partial charge on any atom is 0.434 e. The van der Waals surface area contributed by atoms with Gasteiger partial charge in [0.05, 0.1) is 5.56 Å². The van der Waals surface area contributed by atoms with Crippen molar-refractivity contribution < 1.29 is 17.6 Å². The molecule has 1 aromatic heterocycles. The van der Waals surface area contributed by atoms with E-state index < -0.39 is 17.5 Å². The molecular formula is C17H20ClF3N4O2. The number of nitrogens with one attached hydrogen (secondary N) is 3. The van der Waals surface area contributed by atoms with E-state index in [1.165, 1.54) is 12.1 Å². The fraction of sp³-hybridized carbons (Fsp3) is 0.529. The lowest BCUT2D eigenvalue weighted by atomic mass is 9.59. The molecule has 2 aromatic rings. The molecule has 0 unspecified atom stereocenters. The normalized spacial score (nSPS) is 21.4. The average molecular weight is 405 g/mol. The predicted molar refractivity (Wildman–Crippen MR) is 96.0 cm³/mol. The minimum Gasteiger partial charge on any atom is -0.388 e. The number of benzene rings is 1. The Morgan fingerprint density at radius 2 is 1.96 bits per heavy atom. The molecule has 0 radical (unpaired) electrons. The molecule has 1 spiro atoms. The van der Waals surface area contributed by atoms with Gasteiger partial charge in [-0.2, -0.15) is 13.2 Å². The number of H-pyrrole nitrogens is 1. The summed E-state index contributed by atoms with van der Waals surface area (Å²) >= 11 is 0. The van der Waals surface area contributed by atoms with Crippen LogP contribution in [0.2, 0.25) is 0 Å². The van der Waals surface area contributed by atoms with E-state index >= 15 is 0 Å². The monoisotopic (exact) mass is 404 g/mol. The van der Waals surface area contributed by atoms with E-state index in [1.807, 2.05) is 0 Å². The average Bonchev–Trinajstić information content (AvgIpc) is 3.05. The van der Waals surface area contributed by atoms with E-state index in [2.05, 4.69) is 20.8 Å². The lowest BCUT2D eigenvalue weighted by Crippen LogP contribution is -2.54. The van der Waals surface area contributed by atoms with E-state index in [1.54, 1.807) is 0 Å². The molecule has 3 N–H and O–H groups in total. The number of rotatable bonds is 3. The van der Waals surface area contributed by atoms with Gasteiger partial charge in [0.2, 0.25) is 5.89 Å². The van der Waals surface area contributed by atoms with Crippen LogP contribution < -0.4 is 16.4 Å². The zero-order valence-corrected chi connectivity index (χ0v) is 15.2. The number of aromatic amines is 1. The van der Waals surface area contributed by atoms with Gasteiger partial charge in [-0.3, -0.25) is 0 Å². The fourth-order valence-electron chi connectivity index (χ4n) is 4.03. The second-order valence-electron chi connectivity index (χ2n) is 7.02. The number of hydrogen-bond donors (Lipinski definition) is 3. The van der Waals surface area contributed by atoms with Gasteiger partial charge < -0.3 is 15.1 Å². The number of halogens is 4. The molecule has 1 atom stereocenters. The summed E-state index contributed by atoms with van der Waals surface area (Å²) in [5.74, 6) is -0.779. The summed E-state index contributed by atoms with van der Waals surface area (Å²) in [4.78, 5) is 11.1. The maximum atomic E-state index is 13.4. The summed E-state index contributed by atoms with van der Waals surface area (Å²) in [6, 6.07) is 3.62. The van der Waals surface area contributed by atoms with E-state index in [4.69, 9.17) is 4.42 Å². The number of anilines is 1. The van der Waals surface area contributed by atoms with Crippen molar-refractivity contribution in [3.63, 3.8) is 0 Å². The second kappa shape index (κ2) is 7.20. The Labute approximate surface area is 159 Å². The summed E-state index contributed by atoms with van der Waals surface area (Å²) in [5, 5.41) is 12.2. The van der Waals surface area contributed by atoms with Crippen molar-refractivity contribution in [3.8, 4) is 11.5 Å². The summed E-state index contributed by atoms with van der Waals surface area (Å²) < 4.78 is 45.2. The van der Waals surface area contributed by atoms with Gasteiger partial charge in [-0.1, -0.05) is 0 Å². The lowest BCUT2D eigenvalue weighted by molar-refractivity contribution is -0.137. The molecule has 1 aromatic carbocycles. The fourth-order valence-corrected chi connectivity index (χ4v) is 4.03. The predicted octanol–water partition coefficient (Wildman–Crippen LogP) is 3.41. The number of alkyl halides is 3. The smallest absolute Gasteiger partial charge is 0.388 e. The highest BCUT2D eigenvalue weighted by Gasteiger charge is 2.47. The Kier molecular flexibility index (Phi) is 5.27. The summed E-state index contributed by atoms with van der Waals surface area (Å²) in [7, 11) is 0. The molecule has 2 fully saturated rings. The molecular weight excluding hydrogens is 385 g/mol. The third-order valence-electron chi connectivity index (χ3n) is 5.61. The van der Waals surface area contributed by atoms with Crippen LogP contribution in [-0.4, -0.2) is 29.3 Å². The minimum atomic E-state index is -4.47. The zero-order chi connectivity index (χ0) is 18.4. The van der Waals surface area contributed by atoms with Gasteiger partial charge in [0, 0.05) is 17.3 Å². The number of nitrogens with zero attached hydrogens (tertiary/aromatic N) is 1. The number of piperidine rings is 1. The SMILES string of the molecule is Cl.O=c1[nH]nc(-c2ccc(C(F)(F)F)c(N[C@@H]3CCC34CCNCC4)c2)o1. The molecule has 1 saturated carbocycles. The van der Waals surface area contributed by atoms with Crippen molar-refractivity contribution in [1.29, 1.82) is 0 Å². The van der Waals surface area contributed by atoms with Crippen molar-refractivity contribution in [1.82, 2.24) is 15.5 Å². The van der Waals surface area contributed by atoms with Crippen LogP contribution in [0.15, 0.2) is 27.4 Å². The van der Waals surface area contributed by atoms with Crippen molar-refractivity contribution in [2.24, 2.45) is 5.41 Å². The van der Waals surface area contributed by atoms with E-state index in [9.17, 15) is 18.0 Å². The van der Waals surface area contributed by atoms with Crippen LogP contribution in [0.5, 0.6) is 0 Å². The summed E-state index contributed by atoms with van der Waals surface area (Å²) in [6.45, 7) is 1.78. The third-order valence-corrected chi connectivity index (χ3v) is 5.61. The first-order valence-electron chi connectivity index (χ1n) is 8.62.